The van der Waals surface area contributed by atoms with Gasteiger partial charge in [0, 0.05) is 21.8 Å². The fraction of sp³-hybridized carbons (Fsp3) is 0.158. The first-order chi connectivity index (χ1) is 11.1. The number of ether oxygens (including phenoxy) is 1. The second-order valence-corrected chi connectivity index (χ2v) is 5.78. The number of hydrogen-bond donors (Lipinski definition) is 0. The van der Waals surface area contributed by atoms with E-state index in [1.165, 1.54) is 0 Å². The Hall–Kier alpha value is -2.39. The molecule has 116 valence electrons. The Bertz CT molecular complexity index is 819. The van der Waals surface area contributed by atoms with Crippen molar-refractivity contribution in [2.75, 3.05) is 0 Å². The van der Waals surface area contributed by atoms with E-state index in [1.807, 2.05) is 68.4 Å². The lowest BCUT2D eigenvalue weighted by Crippen LogP contribution is -2.03. The van der Waals surface area contributed by atoms with Gasteiger partial charge in [0.15, 0.2) is 5.82 Å². The molecule has 4 heteroatoms. The van der Waals surface area contributed by atoms with E-state index in [0.717, 1.165) is 22.4 Å². The van der Waals surface area contributed by atoms with E-state index in [9.17, 15) is 0 Å². The lowest BCUT2D eigenvalue weighted by molar-refractivity contribution is 0.291. The summed E-state index contributed by atoms with van der Waals surface area (Å²) in [5.41, 5.74) is 3.84. The fourth-order valence-corrected chi connectivity index (χ4v) is 2.42. The molecule has 0 saturated heterocycles. The van der Waals surface area contributed by atoms with Crippen LogP contribution in [0.25, 0.3) is 11.4 Å². The average Bonchev–Trinajstić information content (AvgIpc) is 2.57. The largest absolute Gasteiger partial charge is 0.473 e. The standard InChI is InChI=1S/C19H17ClN2O/c1-13-14(2)21-18(16-9-6-10-17(20)11-16)22-19(13)23-12-15-7-4-3-5-8-15/h3-11H,12H2,1-2H3. The molecule has 0 aliphatic rings. The first-order valence-corrected chi connectivity index (χ1v) is 7.79. The van der Waals surface area contributed by atoms with Crippen LogP contribution in [-0.2, 0) is 6.61 Å². The highest BCUT2D eigenvalue weighted by molar-refractivity contribution is 6.30. The van der Waals surface area contributed by atoms with Crippen molar-refractivity contribution in [3.8, 4) is 17.3 Å². The highest BCUT2D eigenvalue weighted by Crippen LogP contribution is 2.25. The molecule has 0 bridgehead atoms. The van der Waals surface area contributed by atoms with Gasteiger partial charge in [-0.2, -0.15) is 4.98 Å². The van der Waals surface area contributed by atoms with Crippen molar-refractivity contribution >= 4 is 11.6 Å². The molecule has 0 radical (unpaired) electrons. The second-order valence-electron chi connectivity index (χ2n) is 5.35. The van der Waals surface area contributed by atoms with Gasteiger partial charge < -0.3 is 4.74 Å². The molecule has 23 heavy (non-hydrogen) atoms. The van der Waals surface area contributed by atoms with E-state index in [2.05, 4.69) is 9.97 Å². The number of aromatic nitrogens is 2. The summed E-state index contributed by atoms with van der Waals surface area (Å²) in [5.74, 6) is 1.23. The van der Waals surface area contributed by atoms with E-state index in [0.29, 0.717) is 23.3 Å². The predicted octanol–water partition coefficient (Wildman–Crippen LogP) is 4.99. The maximum atomic E-state index is 6.06. The summed E-state index contributed by atoms with van der Waals surface area (Å²) < 4.78 is 5.91. The Kier molecular flexibility index (Phi) is 4.58. The molecule has 3 nitrogen and oxygen atoms in total. The quantitative estimate of drug-likeness (QED) is 0.678. The predicted molar refractivity (Wildman–Crippen MR) is 92.7 cm³/mol. The maximum absolute atomic E-state index is 6.06. The third-order valence-electron chi connectivity index (χ3n) is 3.65. The van der Waals surface area contributed by atoms with Crippen LogP contribution in [-0.4, -0.2) is 9.97 Å². The Morgan fingerprint density at radius 1 is 0.957 bits per heavy atom. The molecule has 0 atom stereocenters. The molecule has 0 fully saturated rings. The molecule has 0 spiro atoms. The summed E-state index contributed by atoms with van der Waals surface area (Å²) in [6, 6.07) is 17.6. The highest BCUT2D eigenvalue weighted by Gasteiger charge is 2.11. The summed E-state index contributed by atoms with van der Waals surface area (Å²) in [7, 11) is 0. The number of nitrogens with zero attached hydrogens (tertiary/aromatic N) is 2. The third-order valence-corrected chi connectivity index (χ3v) is 3.88. The van der Waals surface area contributed by atoms with Crippen LogP contribution in [0.2, 0.25) is 5.02 Å². The van der Waals surface area contributed by atoms with Crippen molar-refractivity contribution < 1.29 is 4.74 Å². The number of aryl methyl sites for hydroxylation is 1. The summed E-state index contributed by atoms with van der Waals surface area (Å²) >= 11 is 6.06. The smallest absolute Gasteiger partial charge is 0.220 e. The van der Waals surface area contributed by atoms with Gasteiger partial charge in [-0.3, -0.25) is 0 Å². The fourth-order valence-electron chi connectivity index (χ4n) is 2.23. The van der Waals surface area contributed by atoms with E-state index < -0.39 is 0 Å². The van der Waals surface area contributed by atoms with Gasteiger partial charge in [0.2, 0.25) is 5.88 Å². The van der Waals surface area contributed by atoms with Crippen LogP contribution in [0.3, 0.4) is 0 Å². The molecule has 3 aromatic rings. The molecule has 0 saturated carbocycles. The van der Waals surface area contributed by atoms with Gasteiger partial charge in [0.25, 0.3) is 0 Å². The molecule has 0 N–H and O–H groups in total. The molecule has 1 aromatic heterocycles. The zero-order chi connectivity index (χ0) is 16.2. The van der Waals surface area contributed by atoms with E-state index >= 15 is 0 Å². The van der Waals surface area contributed by atoms with Crippen molar-refractivity contribution in [3.63, 3.8) is 0 Å². The minimum absolute atomic E-state index is 0.479. The Morgan fingerprint density at radius 3 is 2.48 bits per heavy atom. The SMILES string of the molecule is Cc1nc(-c2cccc(Cl)c2)nc(OCc2ccccc2)c1C. The molecule has 0 aliphatic heterocycles. The maximum Gasteiger partial charge on any atom is 0.220 e. The van der Waals surface area contributed by atoms with Crippen LogP contribution < -0.4 is 4.74 Å². The van der Waals surface area contributed by atoms with Crippen molar-refractivity contribution in [3.05, 3.63) is 76.4 Å². The van der Waals surface area contributed by atoms with Gasteiger partial charge in [-0.25, -0.2) is 4.98 Å². The van der Waals surface area contributed by atoms with Gasteiger partial charge in [-0.05, 0) is 31.5 Å². The molecule has 0 unspecified atom stereocenters. The molecule has 0 amide bonds. The minimum Gasteiger partial charge on any atom is -0.473 e. The van der Waals surface area contributed by atoms with Crippen LogP contribution in [0, 0.1) is 13.8 Å². The van der Waals surface area contributed by atoms with Crippen molar-refractivity contribution in [1.29, 1.82) is 0 Å². The normalized spacial score (nSPS) is 10.6. The van der Waals surface area contributed by atoms with Crippen LogP contribution in [0.1, 0.15) is 16.8 Å². The molecular formula is C19H17ClN2O. The molecule has 0 aliphatic carbocycles. The zero-order valence-corrected chi connectivity index (χ0v) is 13.8. The van der Waals surface area contributed by atoms with E-state index in [1.54, 1.807) is 0 Å². The second kappa shape index (κ2) is 6.80. The summed E-state index contributed by atoms with van der Waals surface area (Å²) in [4.78, 5) is 9.12. The number of halogens is 1. The van der Waals surface area contributed by atoms with Crippen LogP contribution in [0.15, 0.2) is 54.6 Å². The Labute approximate surface area is 140 Å². The molecule has 3 rings (SSSR count). The summed E-state index contributed by atoms with van der Waals surface area (Å²) in [5, 5.41) is 0.663. The summed E-state index contributed by atoms with van der Waals surface area (Å²) in [6.07, 6.45) is 0. The van der Waals surface area contributed by atoms with E-state index in [4.69, 9.17) is 16.3 Å². The van der Waals surface area contributed by atoms with Gasteiger partial charge in [-0.1, -0.05) is 54.1 Å². The zero-order valence-electron chi connectivity index (χ0n) is 13.1. The van der Waals surface area contributed by atoms with Crippen molar-refractivity contribution in [2.24, 2.45) is 0 Å². The number of hydrogen-bond acceptors (Lipinski definition) is 3. The average molecular weight is 325 g/mol. The first-order valence-electron chi connectivity index (χ1n) is 7.41. The first kappa shape index (κ1) is 15.5. The van der Waals surface area contributed by atoms with Gasteiger partial charge in [0.1, 0.15) is 6.61 Å². The monoisotopic (exact) mass is 324 g/mol. The van der Waals surface area contributed by atoms with Crippen LogP contribution in [0.4, 0.5) is 0 Å². The lowest BCUT2D eigenvalue weighted by Gasteiger charge is -2.12. The third kappa shape index (κ3) is 3.69. The number of rotatable bonds is 4. The lowest BCUT2D eigenvalue weighted by atomic mass is 10.2. The minimum atomic E-state index is 0.479. The molecule has 1 heterocycles. The van der Waals surface area contributed by atoms with Crippen LogP contribution >= 0.6 is 11.6 Å². The Balaban J connectivity index is 1.91. The van der Waals surface area contributed by atoms with Gasteiger partial charge >= 0.3 is 0 Å². The number of benzene rings is 2. The van der Waals surface area contributed by atoms with E-state index in [-0.39, 0.29) is 0 Å². The topological polar surface area (TPSA) is 35.0 Å². The van der Waals surface area contributed by atoms with Crippen LogP contribution in [0.5, 0.6) is 5.88 Å². The van der Waals surface area contributed by atoms with Crippen molar-refractivity contribution in [2.45, 2.75) is 20.5 Å². The molecular weight excluding hydrogens is 308 g/mol. The Morgan fingerprint density at radius 2 is 1.74 bits per heavy atom. The van der Waals surface area contributed by atoms with Gasteiger partial charge in [-0.15, -0.1) is 0 Å². The van der Waals surface area contributed by atoms with Crippen molar-refractivity contribution in [1.82, 2.24) is 9.97 Å². The highest BCUT2D eigenvalue weighted by atomic mass is 35.5. The molecule has 2 aromatic carbocycles. The summed E-state index contributed by atoms with van der Waals surface area (Å²) in [6.45, 7) is 4.41. The van der Waals surface area contributed by atoms with Gasteiger partial charge in [0.05, 0.1) is 0 Å².